The molecule has 0 spiro atoms. The number of hydrogen-bond acceptors (Lipinski definition) is 6. The van der Waals surface area contributed by atoms with Gasteiger partial charge in [-0.25, -0.2) is 0 Å². The van der Waals surface area contributed by atoms with E-state index in [1.54, 1.807) is 19.9 Å². The molecule has 0 aromatic heterocycles. The standard InChI is InChI=1S/C27H36N4O7/c1-5-18-10-11-20(14-19(18)8-6-7-9-24(35)36)29-26(37)17(4)28-27(38)25(16(2)3)30-21(32)15-31-22(33)12-13-23(31)34/h10-14,16-17,25H,5-9,15H2,1-4H3,(H,28,38)(H,29,37)(H,30,32)(H,35,36)/t17-,25-/m0/s1. The molecule has 0 fully saturated rings. The average Bonchev–Trinajstić information content (AvgIpc) is 3.16. The van der Waals surface area contributed by atoms with Gasteiger partial charge in [0.05, 0.1) is 0 Å². The molecule has 0 aliphatic carbocycles. The molecule has 1 aliphatic rings. The number of aryl methyl sites for hydroxylation is 2. The van der Waals surface area contributed by atoms with Crippen molar-refractivity contribution in [2.45, 2.75) is 71.9 Å². The Morgan fingerprint density at radius 2 is 1.58 bits per heavy atom. The van der Waals surface area contributed by atoms with Gasteiger partial charge in [-0.3, -0.25) is 33.7 Å². The molecule has 0 saturated heterocycles. The van der Waals surface area contributed by atoms with Crippen LogP contribution in [0, 0.1) is 5.92 Å². The molecule has 1 aromatic rings. The summed E-state index contributed by atoms with van der Waals surface area (Å²) in [7, 11) is 0. The lowest BCUT2D eigenvalue weighted by Gasteiger charge is -2.24. The molecule has 2 atom stereocenters. The zero-order valence-corrected chi connectivity index (χ0v) is 22.2. The summed E-state index contributed by atoms with van der Waals surface area (Å²) in [6, 6.07) is 3.65. The van der Waals surface area contributed by atoms with Crippen LogP contribution >= 0.6 is 0 Å². The topological polar surface area (TPSA) is 162 Å². The summed E-state index contributed by atoms with van der Waals surface area (Å²) < 4.78 is 0. The number of carboxylic acids is 1. The molecule has 0 saturated carbocycles. The molecule has 4 N–H and O–H groups in total. The highest BCUT2D eigenvalue weighted by Gasteiger charge is 2.30. The van der Waals surface area contributed by atoms with Crippen LogP contribution in [-0.2, 0) is 41.6 Å². The molecule has 38 heavy (non-hydrogen) atoms. The van der Waals surface area contributed by atoms with Crippen LogP contribution in [0.5, 0.6) is 0 Å². The van der Waals surface area contributed by atoms with Crippen LogP contribution in [0.2, 0.25) is 0 Å². The average molecular weight is 529 g/mol. The summed E-state index contributed by atoms with van der Waals surface area (Å²) in [5.74, 6) is -4.06. The van der Waals surface area contributed by atoms with Crippen molar-refractivity contribution in [2.24, 2.45) is 5.92 Å². The number of rotatable bonds is 14. The third kappa shape index (κ3) is 8.82. The number of aliphatic carboxylic acids is 1. The number of imide groups is 1. The van der Waals surface area contributed by atoms with E-state index in [0.29, 0.717) is 24.9 Å². The number of benzene rings is 1. The van der Waals surface area contributed by atoms with Crippen molar-refractivity contribution in [1.82, 2.24) is 15.5 Å². The van der Waals surface area contributed by atoms with Crippen LogP contribution in [0.15, 0.2) is 30.4 Å². The first-order valence-electron chi connectivity index (χ1n) is 12.7. The minimum Gasteiger partial charge on any atom is -0.481 e. The Hall–Kier alpha value is -4.02. The molecule has 11 heteroatoms. The van der Waals surface area contributed by atoms with E-state index >= 15 is 0 Å². The lowest BCUT2D eigenvalue weighted by molar-refractivity contribution is -0.141. The number of unbranched alkanes of at least 4 members (excludes halogenated alkanes) is 1. The molecule has 0 bridgehead atoms. The van der Waals surface area contributed by atoms with E-state index in [4.69, 9.17) is 5.11 Å². The van der Waals surface area contributed by atoms with Gasteiger partial charge in [-0.1, -0.05) is 26.8 Å². The van der Waals surface area contributed by atoms with Crippen LogP contribution < -0.4 is 16.0 Å². The van der Waals surface area contributed by atoms with E-state index in [2.05, 4.69) is 16.0 Å². The minimum absolute atomic E-state index is 0.110. The first kappa shape index (κ1) is 30.2. The molecule has 1 heterocycles. The largest absolute Gasteiger partial charge is 0.481 e. The molecule has 1 aliphatic heterocycles. The molecule has 2 rings (SSSR count). The molecule has 11 nitrogen and oxygen atoms in total. The summed E-state index contributed by atoms with van der Waals surface area (Å²) in [6.45, 7) is 6.47. The first-order chi connectivity index (χ1) is 17.9. The van der Waals surface area contributed by atoms with Crippen molar-refractivity contribution in [2.75, 3.05) is 11.9 Å². The zero-order valence-electron chi connectivity index (χ0n) is 22.2. The Morgan fingerprint density at radius 3 is 2.16 bits per heavy atom. The predicted octanol–water partition coefficient (Wildman–Crippen LogP) is 1.56. The zero-order chi connectivity index (χ0) is 28.4. The van der Waals surface area contributed by atoms with Gasteiger partial charge in [0.2, 0.25) is 17.7 Å². The summed E-state index contributed by atoms with van der Waals surface area (Å²) in [5.41, 5.74) is 2.70. The van der Waals surface area contributed by atoms with Gasteiger partial charge in [-0.05, 0) is 61.8 Å². The van der Waals surface area contributed by atoms with Crippen molar-refractivity contribution < 1.29 is 33.9 Å². The number of carboxylic acid groups (broad SMARTS) is 1. The maximum Gasteiger partial charge on any atom is 0.303 e. The van der Waals surface area contributed by atoms with Gasteiger partial charge < -0.3 is 21.1 Å². The highest BCUT2D eigenvalue weighted by Crippen LogP contribution is 2.19. The molecule has 0 unspecified atom stereocenters. The number of anilines is 1. The van der Waals surface area contributed by atoms with Gasteiger partial charge in [0.15, 0.2) is 0 Å². The van der Waals surface area contributed by atoms with E-state index < -0.39 is 54.1 Å². The number of amides is 5. The minimum atomic E-state index is -0.986. The number of carbonyl (C=O) groups is 6. The van der Waals surface area contributed by atoms with Crippen LogP contribution in [0.4, 0.5) is 5.69 Å². The Balaban J connectivity index is 1.96. The Kier molecular flexibility index (Phi) is 11.2. The summed E-state index contributed by atoms with van der Waals surface area (Å²) >= 11 is 0. The molecule has 206 valence electrons. The lowest BCUT2D eigenvalue weighted by atomic mass is 9.98. The SMILES string of the molecule is CCc1ccc(NC(=O)[C@H](C)NC(=O)[C@@H](NC(=O)CN2C(=O)C=CC2=O)C(C)C)cc1CCCCC(=O)O. The van der Waals surface area contributed by atoms with Crippen molar-refractivity contribution in [1.29, 1.82) is 0 Å². The normalized spacial score (nSPS) is 14.4. The van der Waals surface area contributed by atoms with Crippen molar-refractivity contribution in [3.05, 3.63) is 41.5 Å². The number of nitrogens with zero attached hydrogens (tertiary/aromatic N) is 1. The Bertz CT molecular complexity index is 1090. The van der Waals surface area contributed by atoms with Gasteiger partial charge in [-0.15, -0.1) is 0 Å². The quantitative estimate of drug-likeness (QED) is 0.210. The third-order valence-corrected chi connectivity index (χ3v) is 6.16. The molecular weight excluding hydrogens is 492 g/mol. The van der Waals surface area contributed by atoms with Gasteiger partial charge >= 0.3 is 5.97 Å². The summed E-state index contributed by atoms with van der Waals surface area (Å²) in [6.07, 6.45) is 5.01. The van der Waals surface area contributed by atoms with Crippen LogP contribution in [-0.4, -0.2) is 64.1 Å². The summed E-state index contributed by atoms with van der Waals surface area (Å²) in [5, 5.41) is 16.8. The first-order valence-corrected chi connectivity index (χ1v) is 12.7. The second-order valence-electron chi connectivity index (χ2n) is 9.54. The van der Waals surface area contributed by atoms with Gasteiger partial charge in [0.25, 0.3) is 11.8 Å². The van der Waals surface area contributed by atoms with E-state index in [9.17, 15) is 28.8 Å². The smallest absolute Gasteiger partial charge is 0.303 e. The third-order valence-electron chi connectivity index (χ3n) is 6.16. The fourth-order valence-corrected chi connectivity index (χ4v) is 3.98. The van der Waals surface area contributed by atoms with Crippen molar-refractivity contribution in [3.8, 4) is 0 Å². The molecule has 5 amide bonds. The van der Waals surface area contributed by atoms with E-state index in [1.807, 2.05) is 19.1 Å². The van der Waals surface area contributed by atoms with Crippen LogP contribution in [0.3, 0.4) is 0 Å². The molecular formula is C27H36N4O7. The highest BCUT2D eigenvalue weighted by molar-refractivity contribution is 6.14. The second-order valence-corrected chi connectivity index (χ2v) is 9.54. The van der Waals surface area contributed by atoms with E-state index in [0.717, 1.165) is 34.6 Å². The van der Waals surface area contributed by atoms with E-state index in [-0.39, 0.29) is 12.3 Å². The monoisotopic (exact) mass is 528 g/mol. The lowest BCUT2D eigenvalue weighted by Crippen LogP contribution is -2.55. The fraction of sp³-hybridized carbons (Fsp3) is 0.481. The maximum atomic E-state index is 12.9. The number of hydrogen-bond donors (Lipinski definition) is 4. The van der Waals surface area contributed by atoms with Gasteiger partial charge in [0.1, 0.15) is 18.6 Å². The van der Waals surface area contributed by atoms with Crippen LogP contribution in [0.1, 0.15) is 58.1 Å². The number of carbonyl (C=O) groups excluding carboxylic acids is 5. The molecule has 1 aromatic carbocycles. The van der Waals surface area contributed by atoms with Gasteiger partial charge in [0, 0.05) is 24.3 Å². The number of nitrogens with one attached hydrogen (secondary N) is 3. The van der Waals surface area contributed by atoms with Crippen LogP contribution in [0.25, 0.3) is 0 Å². The molecule has 0 radical (unpaired) electrons. The Morgan fingerprint density at radius 1 is 0.921 bits per heavy atom. The van der Waals surface area contributed by atoms with Crippen molar-refractivity contribution in [3.63, 3.8) is 0 Å². The summed E-state index contributed by atoms with van der Waals surface area (Å²) in [4.78, 5) is 73.0. The Labute approximate surface area is 222 Å². The van der Waals surface area contributed by atoms with Gasteiger partial charge in [-0.2, -0.15) is 0 Å². The predicted molar refractivity (Wildman–Crippen MR) is 140 cm³/mol. The maximum absolute atomic E-state index is 12.9. The van der Waals surface area contributed by atoms with E-state index in [1.165, 1.54) is 6.92 Å². The highest BCUT2D eigenvalue weighted by atomic mass is 16.4. The second kappa shape index (κ2) is 14.1. The van der Waals surface area contributed by atoms with Crippen molar-refractivity contribution >= 4 is 41.2 Å². The fourth-order valence-electron chi connectivity index (χ4n) is 3.98.